The number of ether oxygens (including phenoxy) is 3. The monoisotopic (exact) mass is 604 g/mol. The van der Waals surface area contributed by atoms with Gasteiger partial charge in [0.1, 0.15) is 5.60 Å². The Labute approximate surface area is 254 Å². The molecule has 0 bridgehead atoms. The van der Waals surface area contributed by atoms with Gasteiger partial charge in [-0.2, -0.15) is 0 Å². The molecule has 1 amide bonds. The number of para-hydroxylation sites is 1. The number of nitrogens with zero attached hydrogens (tertiary/aromatic N) is 5. The van der Waals surface area contributed by atoms with Gasteiger partial charge in [0, 0.05) is 53.6 Å². The van der Waals surface area contributed by atoms with Crippen molar-refractivity contribution in [1.29, 1.82) is 0 Å². The van der Waals surface area contributed by atoms with Crippen molar-refractivity contribution in [3.05, 3.63) is 54.6 Å². The number of esters is 1. The van der Waals surface area contributed by atoms with E-state index in [0.717, 1.165) is 52.7 Å². The van der Waals surface area contributed by atoms with Gasteiger partial charge in [0.15, 0.2) is 5.65 Å². The third-order valence-electron chi connectivity index (χ3n) is 8.21. The second kappa shape index (κ2) is 11.3. The van der Waals surface area contributed by atoms with Crippen LogP contribution in [0.25, 0.3) is 16.6 Å². The Morgan fingerprint density at radius 3 is 2.63 bits per heavy atom. The quantitative estimate of drug-likeness (QED) is 0.308. The van der Waals surface area contributed by atoms with Crippen LogP contribution in [0.15, 0.2) is 58.8 Å². The molecule has 5 heterocycles. The van der Waals surface area contributed by atoms with E-state index in [9.17, 15) is 9.59 Å². The fourth-order valence-electron chi connectivity index (χ4n) is 6.12. The number of nitrogens with one attached hydrogen (secondary N) is 1. The number of methoxy groups -OCH3 is 1. The number of pyridine rings is 1. The number of anilines is 1. The molecular formula is C31H36N6O5S. The predicted octanol–water partition coefficient (Wildman–Crippen LogP) is 5.11. The lowest BCUT2D eigenvalue weighted by molar-refractivity contribution is 0.0433. The van der Waals surface area contributed by atoms with Crippen molar-refractivity contribution < 1.29 is 23.8 Å². The third kappa shape index (κ3) is 5.61. The molecule has 1 spiro atoms. The molecule has 2 fully saturated rings. The van der Waals surface area contributed by atoms with E-state index in [1.54, 1.807) is 18.5 Å². The summed E-state index contributed by atoms with van der Waals surface area (Å²) < 4.78 is 18.6. The second-order valence-electron chi connectivity index (χ2n) is 12.1. The molecule has 1 aromatic carbocycles. The van der Waals surface area contributed by atoms with Crippen LogP contribution in [0, 0.1) is 5.41 Å². The van der Waals surface area contributed by atoms with Gasteiger partial charge in [-0.3, -0.25) is 9.38 Å². The molecule has 43 heavy (non-hydrogen) atoms. The lowest BCUT2D eigenvalue weighted by Crippen LogP contribution is -2.55. The van der Waals surface area contributed by atoms with Gasteiger partial charge in [-0.15, -0.1) is 0 Å². The average molecular weight is 605 g/mol. The minimum absolute atomic E-state index is 0.0955. The van der Waals surface area contributed by atoms with Crippen LogP contribution < -0.4 is 10.2 Å². The average Bonchev–Trinajstić information content (AvgIpc) is 3.59. The first kappa shape index (κ1) is 29.2. The number of aromatic nitrogens is 4. The Hall–Kier alpha value is -3.90. The third-order valence-corrected chi connectivity index (χ3v) is 9.29. The van der Waals surface area contributed by atoms with E-state index in [4.69, 9.17) is 19.2 Å². The van der Waals surface area contributed by atoms with Gasteiger partial charge in [-0.25, -0.2) is 19.6 Å². The molecule has 2 atom stereocenters. The van der Waals surface area contributed by atoms with Crippen molar-refractivity contribution >= 4 is 46.3 Å². The standard InChI is InChI=1S/C31H36N6O5S/c1-19-25(35-29(39)42-30(2,3)4)31(18-41-19)10-14-36(15-11-31)28-34-17-23(26-33-13-16-37(26)28)43-22-9-12-32-24-20(22)7-6-8-21(24)27(38)40-5/h6-9,12-13,16-17,19,25H,10-11,14-15,18H2,1-5H3,(H,35,39)/t19-,25+/m0/s1. The molecule has 2 aliphatic heterocycles. The van der Waals surface area contributed by atoms with E-state index >= 15 is 0 Å². The van der Waals surface area contributed by atoms with Gasteiger partial charge in [-0.1, -0.05) is 23.9 Å². The number of rotatable bonds is 5. The van der Waals surface area contributed by atoms with Crippen LogP contribution in [0.4, 0.5) is 10.7 Å². The summed E-state index contributed by atoms with van der Waals surface area (Å²) >= 11 is 1.53. The lowest BCUT2D eigenvalue weighted by Gasteiger charge is -2.43. The van der Waals surface area contributed by atoms with Gasteiger partial charge in [0.25, 0.3) is 0 Å². The molecule has 4 aromatic rings. The number of hydrogen-bond donors (Lipinski definition) is 1. The number of amides is 1. The Kier molecular flexibility index (Phi) is 7.67. The highest BCUT2D eigenvalue weighted by Crippen LogP contribution is 2.43. The van der Waals surface area contributed by atoms with Crippen LogP contribution >= 0.6 is 11.8 Å². The van der Waals surface area contributed by atoms with Crippen molar-refractivity contribution in [3.63, 3.8) is 0 Å². The lowest BCUT2D eigenvalue weighted by atomic mass is 9.73. The maximum absolute atomic E-state index is 12.6. The molecule has 1 N–H and O–H groups in total. The van der Waals surface area contributed by atoms with Crippen LogP contribution in [-0.4, -0.2) is 76.0 Å². The molecule has 11 nitrogen and oxygen atoms in total. The number of benzene rings is 1. The van der Waals surface area contributed by atoms with E-state index < -0.39 is 17.7 Å². The number of fused-ring (bicyclic) bond motifs is 2. The largest absolute Gasteiger partial charge is 0.465 e. The molecule has 0 unspecified atom stereocenters. The maximum atomic E-state index is 12.6. The topological polar surface area (TPSA) is 120 Å². The SMILES string of the molecule is COC(=O)c1cccc2c(Sc3cnc(N4CCC5(CC4)CO[C@@H](C)[C@H]5NC(=O)OC(C)(C)C)n4ccnc34)ccnc12. The summed E-state index contributed by atoms with van der Waals surface area (Å²) in [4.78, 5) is 43.1. The molecule has 3 aromatic heterocycles. The van der Waals surface area contributed by atoms with Gasteiger partial charge < -0.3 is 24.4 Å². The summed E-state index contributed by atoms with van der Waals surface area (Å²) in [6.07, 6.45) is 8.45. The summed E-state index contributed by atoms with van der Waals surface area (Å²) in [6.45, 7) is 9.73. The van der Waals surface area contributed by atoms with Crippen molar-refractivity contribution in [2.24, 2.45) is 5.41 Å². The summed E-state index contributed by atoms with van der Waals surface area (Å²) in [5, 5.41) is 3.97. The van der Waals surface area contributed by atoms with Crippen molar-refractivity contribution in [3.8, 4) is 0 Å². The first-order valence-corrected chi connectivity index (χ1v) is 15.2. The highest BCUT2D eigenvalue weighted by atomic mass is 32.2. The second-order valence-corrected chi connectivity index (χ2v) is 13.2. The minimum atomic E-state index is -0.563. The fraction of sp³-hybridized carbons (Fsp3) is 0.452. The van der Waals surface area contributed by atoms with E-state index in [2.05, 4.69) is 20.2 Å². The van der Waals surface area contributed by atoms with Gasteiger partial charge >= 0.3 is 12.1 Å². The van der Waals surface area contributed by atoms with Gasteiger partial charge in [0.05, 0.1) is 41.8 Å². The Balaban J connectivity index is 1.22. The van der Waals surface area contributed by atoms with E-state index in [1.807, 2.05) is 62.7 Å². The number of hydrogen-bond acceptors (Lipinski definition) is 10. The molecule has 2 aliphatic rings. The molecule has 6 rings (SSSR count). The predicted molar refractivity (Wildman–Crippen MR) is 163 cm³/mol. The highest BCUT2D eigenvalue weighted by molar-refractivity contribution is 7.99. The number of carbonyl (C=O) groups excluding carboxylic acids is 2. The molecule has 0 radical (unpaired) electrons. The zero-order valence-corrected chi connectivity index (χ0v) is 25.8. The van der Waals surface area contributed by atoms with Crippen molar-refractivity contribution in [1.82, 2.24) is 24.7 Å². The van der Waals surface area contributed by atoms with Gasteiger partial charge in [0.2, 0.25) is 5.95 Å². The summed E-state index contributed by atoms with van der Waals surface area (Å²) in [5.41, 5.74) is 1.09. The minimum Gasteiger partial charge on any atom is -0.465 e. The van der Waals surface area contributed by atoms with Crippen LogP contribution in [0.5, 0.6) is 0 Å². The summed E-state index contributed by atoms with van der Waals surface area (Å²) in [5.74, 6) is 0.402. The molecule has 0 aliphatic carbocycles. The Morgan fingerprint density at radius 1 is 1.09 bits per heavy atom. The van der Waals surface area contributed by atoms with Crippen LogP contribution in [0.1, 0.15) is 50.9 Å². The first-order chi connectivity index (χ1) is 20.6. The zero-order valence-electron chi connectivity index (χ0n) is 25.0. The smallest absolute Gasteiger partial charge is 0.407 e. The van der Waals surface area contributed by atoms with Crippen LogP contribution in [0.2, 0.25) is 0 Å². The summed E-state index contributed by atoms with van der Waals surface area (Å²) in [6, 6.07) is 7.30. The van der Waals surface area contributed by atoms with E-state index in [0.29, 0.717) is 17.7 Å². The van der Waals surface area contributed by atoms with Crippen LogP contribution in [0.3, 0.4) is 0 Å². The molecular weight excluding hydrogens is 568 g/mol. The van der Waals surface area contributed by atoms with E-state index in [1.165, 1.54) is 18.9 Å². The number of carbonyl (C=O) groups is 2. The molecule has 12 heteroatoms. The number of alkyl carbamates (subject to hydrolysis) is 1. The number of piperidine rings is 1. The molecule has 2 saturated heterocycles. The van der Waals surface area contributed by atoms with Gasteiger partial charge in [-0.05, 0) is 52.7 Å². The van der Waals surface area contributed by atoms with Crippen molar-refractivity contribution in [2.75, 3.05) is 31.7 Å². The van der Waals surface area contributed by atoms with E-state index in [-0.39, 0.29) is 17.6 Å². The van der Waals surface area contributed by atoms with Crippen LogP contribution in [-0.2, 0) is 14.2 Å². The Morgan fingerprint density at radius 2 is 1.88 bits per heavy atom. The Bertz CT molecular complexity index is 1680. The molecule has 226 valence electrons. The fourth-order valence-corrected chi connectivity index (χ4v) is 7.10. The number of imidazole rings is 1. The summed E-state index contributed by atoms with van der Waals surface area (Å²) in [7, 11) is 1.37. The normalized spacial score (nSPS) is 20.1. The first-order valence-electron chi connectivity index (χ1n) is 14.4. The molecule has 0 saturated carbocycles. The highest BCUT2D eigenvalue weighted by Gasteiger charge is 2.50. The zero-order chi connectivity index (χ0) is 30.4. The van der Waals surface area contributed by atoms with Crippen molar-refractivity contribution in [2.45, 2.75) is 68.1 Å². The maximum Gasteiger partial charge on any atom is 0.407 e.